The molecule has 0 spiro atoms. The summed E-state index contributed by atoms with van der Waals surface area (Å²) in [4.78, 5) is 6.97. The zero-order valence-electron chi connectivity index (χ0n) is 17.0. The minimum absolute atomic E-state index is 0.537. The second-order valence-electron chi connectivity index (χ2n) is 7.25. The fourth-order valence-corrected chi connectivity index (χ4v) is 4.29. The second-order valence-corrected chi connectivity index (χ2v) is 8.23. The lowest BCUT2D eigenvalue weighted by atomic mass is 10.1. The second kappa shape index (κ2) is 9.47. The Morgan fingerprint density at radius 3 is 2.47 bits per heavy atom. The molecule has 0 atom stereocenters. The van der Waals surface area contributed by atoms with Crippen LogP contribution in [0, 0.1) is 18.3 Å². The van der Waals surface area contributed by atoms with E-state index in [0.29, 0.717) is 10.6 Å². The highest BCUT2D eigenvalue weighted by atomic mass is 32.1. The number of hydrogen-bond donors (Lipinski definition) is 0. The number of thiazole rings is 1. The van der Waals surface area contributed by atoms with E-state index in [4.69, 9.17) is 0 Å². The number of nitrogens with zero attached hydrogens (tertiary/aromatic N) is 5. The van der Waals surface area contributed by atoms with Crippen molar-refractivity contribution in [3.05, 3.63) is 70.9 Å². The molecule has 0 amide bonds. The predicted molar refractivity (Wildman–Crippen MR) is 123 cm³/mol. The molecule has 2 heterocycles. The van der Waals surface area contributed by atoms with Crippen molar-refractivity contribution in [3.63, 3.8) is 0 Å². The molecule has 0 bridgehead atoms. The van der Waals surface area contributed by atoms with Gasteiger partial charge in [0.05, 0.1) is 17.0 Å². The molecule has 1 aliphatic rings. The zero-order valence-corrected chi connectivity index (χ0v) is 17.8. The summed E-state index contributed by atoms with van der Waals surface area (Å²) >= 11 is 1.39. The Kier molecular flexibility index (Phi) is 6.31. The highest BCUT2D eigenvalue weighted by molar-refractivity contribution is 7.16. The summed E-state index contributed by atoms with van der Waals surface area (Å²) in [7, 11) is 0. The molecule has 5 nitrogen and oxygen atoms in total. The van der Waals surface area contributed by atoms with Crippen LogP contribution >= 0.6 is 11.3 Å². The summed E-state index contributed by atoms with van der Waals surface area (Å²) in [5.41, 5.74) is 4.34. The Labute approximate surface area is 181 Å². The average molecular weight is 414 g/mol. The van der Waals surface area contributed by atoms with Gasteiger partial charge in [-0.15, -0.1) is 10.2 Å². The Hall–Kier alpha value is -3.30. The van der Waals surface area contributed by atoms with Crippen LogP contribution in [0.25, 0.3) is 11.6 Å². The molecule has 1 saturated heterocycles. The van der Waals surface area contributed by atoms with Crippen LogP contribution in [0.5, 0.6) is 0 Å². The largest absolute Gasteiger partial charge is 0.372 e. The van der Waals surface area contributed by atoms with Gasteiger partial charge in [0.1, 0.15) is 11.1 Å². The maximum Gasteiger partial charge on any atom is 0.162 e. The fourth-order valence-electron chi connectivity index (χ4n) is 3.44. The van der Waals surface area contributed by atoms with Gasteiger partial charge in [0.15, 0.2) is 5.00 Å². The molecule has 1 aromatic heterocycles. The van der Waals surface area contributed by atoms with E-state index in [-0.39, 0.29) is 0 Å². The van der Waals surface area contributed by atoms with Crippen LogP contribution < -0.4 is 4.90 Å². The molecule has 4 rings (SSSR count). The van der Waals surface area contributed by atoms with Gasteiger partial charge in [0.25, 0.3) is 0 Å². The minimum atomic E-state index is 0.537. The monoisotopic (exact) mass is 413 g/mol. The van der Waals surface area contributed by atoms with Gasteiger partial charge in [-0.05, 0) is 62.1 Å². The quantitative estimate of drug-likeness (QED) is 0.337. The maximum absolute atomic E-state index is 9.69. The number of anilines is 1. The molecule has 1 fully saturated rings. The lowest BCUT2D eigenvalue weighted by Crippen LogP contribution is -2.29. The van der Waals surface area contributed by atoms with Gasteiger partial charge < -0.3 is 4.90 Å². The summed E-state index contributed by atoms with van der Waals surface area (Å²) in [6, 6.07) is 20.3. The van der Waals surface area contributed by atoms with Gasteiger partial charge in [0.2, 0.25) is 0 Å². The lowest BCUT2D eigenvalue weighted by Gasteiger charge is -2.28. The van der Waals surface area contributed by atoms with Crippen LogP contribution in [0.2, 0.25) is 0 Å². The van der Waals surface area contributed by atoms with Crippen molar-refractivity contribution >= 4 is 39.4 Å². The van der Waals surface area contributed by atoms with E-state index in [1.54, 1.807) is 0 Å². The number of piperidine rings is 1. The number of hydrogen-bond acceptors (Lipinski definition) is 6. The third-order valence-corrected chi connectivity index (χ3v) is 6.14. The topological polar surface area (TPSA) is 64.6 Å². The number of nitriles is 1. The van der Waals surface area contributed by atoms with Crippen LogP contribution in [0.15, 0.2) is 64.8 Å². The molecular weight excluding hydrogens is 390 g/mol. The highest BCUT2D eigenvalue weighted by Gasteiger charge is 2.13. The highest BCUT2D eigenvalue weighted by Crippen LogP contribution is 2.33. The smallest absolute Gasteiger partial charge is 0.162 e. The van der Waals surface area contributed by atoms with Gasteiger partial charge in [-0.1, -0.05) is 41.7 Å². The molecule has 2 aromatic carbocycles. The average Bonchev–Trinajstić information content (AvgIpc) is 3.18. The number of allylic oxidation sites excluding steroid dienone is 1. The molecule has 150 valence electrons. The number of azo groups is 1. The van der Waals surface area contributed by atoms with E-state index < -0.39 is 0 Å². The number of aromatic nitrogens is 1. The first-order chi connectivity index (χ1) is 14.7. The van der Waals surface area contributed by atoms with Gasteiger partial charge in [-0.3, -0.25) is 0 Å². The molecule has 6 heteroatoms. The summed E-state index contributed by atoms with van der Waals surface area (Å²) in [6.45, 7) is 4.14. The van der Waals surface area contributed by atoms with Crippen LogP contribution in [0.4, 0.5) is 16.4 Å². The van der Waals surface area contributed by atoms with Crippen molar-refractivity contribution in [1.29, 1.82) is 5.26 Å². The maximum atomic E-state index is 9.69. The first-order valence-corrected chi connectivity index (χ1v) is 11.0. The Bertz CT molecular complexity index is 1080. The molecule has 0 aliphatic carbocycles. The Morgan fingerprint density at radius 2 is 1.77 bits per heavy atom. The lowest BCUT2D eigenvalue weighted by molar-refractivity contribution is 0.578. The summed E-state index contributed by atoms with van der Waals surface area (Å²) in [5, 5.41) is 19.7. The van der Waals surface area contributed by atoms with E-state index in [1.807, 2.05) is 43.3 Å². The van der Waals surface area contributed by atoms with E-state index in [0.717, 1.165) is 35.0 Å². The van der Waals surface area contributed by atoms with Crippen molar-refractivity contribution in [1.82, 2.24) is 4.98 Å². The Balaban J connectivity index is 1.53. The van der Waals surface area contributed by atoms with E-state index in [2.05, 4.69) is 50.4 Å². The first kappa shape index (κ1) is 20.0. The van der Waals surface area contributed by atoms with E-state index >= 15 is 0 Å². The van der Waals surface area contributed by atoms with Crippen molar-refractivity contribution in [3.8, 4) is 6.07 Å². The van der Waals surface area contributed by atoms with Gasteiger partial charge in [0, 0.05) is 18.8 Å². The fraction of sp³-hybridized carbons (Fsp3) is 0.250. The molecule has 0 N–H and O–H groups in total. The third kappa shape index (κ3) is 4.81. The third-order valence-electron chi connectivity index (χ3n) is 5.06. The van der Waals surface area contributed by atoms with Crippen molar-refractivity contribution in [2.75, 3.05) is 18.0 Å². The first-order valence-electron chi connectivity index (χ1n) is 10.1. The van der Waals surface area contributed by atoms with Gasteiger partial charge in [-0.2, -0.15) is 5.26 Å². The van der Waals surface area contributed by atoms with Crippen LogP contribution in [-0.2, 0) is 0 Å². The molecule has 0 radical (unpaired) electrons. The Morgan fingerprint density at radius 1 is 1.03 bits per heavy atom. The normalized spacial score (nSPS) is 14.8. The summed E-state index contributed by atoms with van der Waals surface area (Å²) in [5.74, 6) is 0. The predicted octanol–water partition coefficient (Wildman–Crippen LogP) is 6.92. The van der Waals surface area contributed by atoms with Crippen molar-refractivity contribution in [2.45, 2.75) is 26.2 Å². The minimum Gasteiger partial charge on any atom is -0.372 e. The standard InChI is InChI=1S/C24H23N5S/c1-18-23(28-27-21-8-4-2-5-9-21)30-24(26-18)20(17-25)16-19-10-12-22(13-11-19)29-14-6-3-7-15-29/h2,4-5,8-13,16H,3,6-7,14-15H2,1H3. The molecule has 3 aromatic rings. The molecule has 0 saturated carbocycles. The van der Waals surface area contributed by atoms with Crippen molar-refractivity contribution in [2.24, 2.45) is 10.2 Å². The molecule has 0 unspecified atom stereocenters. The molecular formula is C24H23N5S. The van der Waals surface area contributed by atoms with E-state index in [1.165, 1.54) is 36.3 Å². The number of aryl methyl sites for hydroxylation is 1. The van der Waals surface area contributed by atoms with Crippen LogP contribution in [0.3, 0.4) is 0 Å². The van der Waals surface area contributed by atoms with E-state index in [9.17, 15) is 5.26 Å². The van der Waals surface area contributed by atoms with Crippen molar-refractivity contribution < 1.29 is 0 Å². The zero-order chi connectivity index (χ0) is 20.8. The summed E-state index contributed by atoms with van der Waals surface area (Å²) in [6.07, 6.45) is 5.72. The number of benzene rings is 2. The van der Waals surface area contributed by atoms with Crippen LogP contribution in [0.1, 0.15) is 35.5 Å². The van der Waals surface area contributed by atoms with Crippen LogP contribution in [-0.4, -0.2) is 18.1 Å². The number of rotatable bonds is 5. The molecule has 1 aliphatic heterocycles. The van der Waals surface area contributed by atoms with Gasteiger partial charge in [-0.25, -0.2) is 4.98 Å². The summed E-state index contributed by atoms with van der Waals surface area (Å²) < 4.78 is 0. The SMILES string of the molecule is Cc1nc(C(C#N)=Cc2ccc(N3CCCCC3)cc2)sc1N=Nc1ccccc1. The van der Waals surface area contributed by atoms with Gasteiger partial charge >= 0.3 is 0 Å². The molecule has 30 heavy (non-hydrogen) atoms.